The minimum Gasteiger partial charge on any atom is -0.361 e. The van der Waals surface area contributed by atoms with Crippen molar-refractivity contribution in [1.29, 1.82) is 0 Å². The number of aromatic nitrogens is 1. The predicted octanol–water partition coefficient (Wildman–Crippen LogP) is 5.49. The number of H-pyrrole nitrogens is 1. The lowest BCUT2D eigenvalue weighted by molar-refractivity contribution is 0.225. The van der Waals surface area contributed by atoms with Crippen molar-refractivity contribution in [3.8, 4) is 0 Å². The summed E-state index contributed by atoms with van der Waals surface area (Å²) in [4.78, 5) is 6.00. The maximum absolute atomic E-state index is 3.39. The first-order valence-corrected chi connectivity index (χ1v) is 9.86. The van der Waals surface area contributed by atoms with Crippen LogP contribution in [0, 0.1) is 0 Å². The normalized spacial score (nSPS) is 16.0. The van der Waals surface area contributed by atoms with Crippen molar-refractivity contribution in [2.45, 2.75) is 30.4 Å². The van der Waals surface area contributed by atoms with E-state index in [0.29, 0.717) is 0 Å². The van der Waals surface area contributed by atoms with Gasteiger partial charge >= 0.3 is 0 Å². The minimum absolute atomic E-state index is 0. The zero-order valence-corrected chi connectivity index (χ0v) is 16.0. The standard InChI is InChI=1S/C21H24N2S.ClH/c1-2-6-17(7-3-1)16-24-19-10-12-23(13-11-19)15-18-14-22-21-9-5-4-8-20(18)21;/h1-9,14,19,22H,10-13,15-16H2;1H. The van der Waals surface area contributed by atoms with Crippen LogP contribution in [-0.2, 0) is 12.3 Å². The van der Waals surface area contributed by atoms with E-state index in [-0.39, 0.29) is 12.4 Å². The molecule has 0 bridgehead atoms. The monoisotopic (exact) mass is 372 g/mol. The van der Waals surface area contributed by atoms with Crippen molar-refractivity contribution in [1.82, 2.24) is 9.88 Å². The van der Waals surface area contributed by atoms with Crippen molar-refractivity contribution >= 4 is 35.1 Å². The second-order valence-corrected chi connectivity index (χ2v) is 7.92. The van der Waals surface area contributed by atoms with Crippen LogP contribution in [0.1, 0.15) is 24.0 Å². The molecule has 1 saturated heterocycles. The van der Waals surface area contributed by atoms with Crippen LogP contribution in [0.5, 0.6) is 0 Å². The van der Waals surface area contributed by atoms with Crippen LogP contribution in [0.15, 0.2) is 60.8 Å². The summed E-state index contributed by atoms with van der Waals surface area (Å²) in [6.07, 6.45) is 4.79. The molecule has 3 aromatic rings. The second-order valence-electron chi connectivity index (χ2n) is 6.63. The number of aromatic amines is 1. The molecule has 0 saturated carbocycles. The minimum atomic E-state index is 0. The highest BCUT2D eigenvalue weighted by Crippen LogP contribution is 2.28. The number of likely N-dealkylation sites (tertiary alicyclic amines) is 1. The highest BCUT2D eigenvalue weighted by Gasteiger charge is 2.20. The molecule has 0 amide bonds. The Labute approximate surface area is 160 Å². The highest BCUT2D eigenvalue weighted by atomic mass is 35.5. The van der Waals surface area contributed by atoms with E-state index in [1.165, 1.54) is 48.0 Å². The number of halogens is 1. The molecule has 0 atom stereocenters. The van der Waals surface area contributed by atoms with Gasteiger partial charge in [-0.2, -0.15) is 11.8 Å². The van der Waals surface area contributed by atoms with Crippen LogP contribution >= 0.6 is 24.2 Å². The molecule has 2 nitrogen and oxygen atoms in total. The van der Waals surface area contributed by atoms with E-state index in [4.69, 9.17) is 0 Å². The smallest absolute Gasteiger partial charge is 0.0457 e. The Morgan fingerprint density at radius 2 is 1.68 bits per heavy atom. The SMILES string of the molecule is Cl.c1ccc(CSC2CCN(Cc3c[nH]c4ccccc34)CC2)cc1. The van der Waals surface area contributed by atoms with E-state index in [1.807, 2.05) is 0 Å². The Hall–Kier alpha value is -1.42. The number of benzene rings is 2. The summed E-state index contributed by atoms with van der Waals surface area (Å²) in [7, 11) is 0. The van der Waals surface area contributed by atoms with E-state index in [2.05, 4.69) is 82.4 Å². The van der Waals surface area contributed by atoms with Gasteiger partial charge in [-0.25, -0.2) is 0 Å². The molecule has 2 heterocycles. The molecule has 0 unspecified atom stereocenters. The van der Waals surface area contributed by atoms with Gasteiger partial charge in [0.05, 0.1) is 0 Å². The topological polar surface area (TPSA) is 19.0 Å². The summed E-state index contributed by atoms with van der Waals surface area (Å²) in [6, 6.07) is 19.5. The maximum Gasteiger partial charge on any atom is 0.0457 e. The van der Waals surface area contributed by atoms with Gasteiger partial charge in [0.1, 0.15) is 0 Å². The molecule has 0 aliphatic carbocycles. The molecule has 4 rings (SSSR count). The number of para-hydroxylation sites is 1. The molecule has 0 spiro atoms. The Balaban J connectivity index is 0.00000182. The first-order chi connectivity index (χ1) is 11.9. The van der Waals surface area contributed by atoms with Crippen LogP contribution in [0.25, 0.3) is 10.9 Å². The van der Waals surface area contributed by atoms with E-state index in [9.17, 15) is 0 Å². The largest absolute Gasteiger partial charge is 0.361 e. The lowest BCUT2D eigenvalue weighted by Gasteiger charge is -2.31. The fourth-order valence-corrected chi connectivity index (χ4v) is 4.69. The molecule has 1 fully saturated rings. The highest BCUT2D eigenvalue weighted by molar-refractivity contribution is 7.99. The molecular weight excluding hydrogens is 348 g/mol. The van der Waals surface area contributed by atoms with E-state index < -0.39 is 0 Å². The predicted molar refractivity (Wildman–Crippen MR) is 112 cm³/mol. The van der Waals surface area contributed by atoms with Crippen LogP contribution < -0.4 is 0 Å². The molecule has 1 aliphatic rings. The molecule has 132 valence electrons. The number of hydrogen-bond donors (Lipinski definition) is 1. The summed E-state index contributed by atoms with van der Waals surface area (Å²) in [5.74, 6) is 1.15. The van der Waals surface area contributed by atoms with Crippen molar-refractivity contribution in [3.63, 3.8) is 0 Å². The van der Waals surface area contributed by atoms with Gasteiger partial charge < -0.3 is 4.98 Å². The summed E-state index contributed by atoms with van der Waals surface area (Å²) < 4.78 is 0. The molecule has 2 aromatic carbocycles. The summed E-state index contributed by atoms with van der Waals surface area (Å²) in [6.45, 7) is 3.50. The van der Waals surface area contributed by atoms with Crippen molar-refractivity contribution < 1.29 is 0 Å². The summed E-state index contributed by atoms with van der Waals surface area (Å²) in [5, 5.41) is 2.18. The Kier molecular flexibility index (Phi) is 6.46. The Bertz CT molecular complexity index is 779. The fourth-order valence-electron chi connectivity index (χ4n) is 3.53. The van der Waals surface area contributed by atoms with Gasteiger partial charge in [0.25, 0.3) is 0 Å². The third-order valence-electron chi connectivity index (χ3n) is 4.93. The summed E-state index contributed by atoms with van der Waals surface area (Å²) in [5.41, 5.74) is 4.13. The van der Waals surface area contributed by atoms with E-state index in [0.717, 1.165) is 17.5 Å². The van der Waals surface area contributed by atoms with Gasteiger partial charge in [0.15, 0.2) is 0 Å². The Morgan fingerprint density at radius 3 is 2.48 bits per heavy atom. The molecule has 0 radical (unpaired) electrons. The number of rotatable bonds is 5. The van der Waals surface area contributed by atoms with Gasteiger partial charge in [-0.1, -0.05) is 48.5 Å². The number of hydrogen-bond acceptors (Lipinski definition) is 2. The fraction of sp³-hybridized carbons (Fsp3) is 0.333. The molecule has 1 aromatic heterocycles. The summed E-state index contributed by atoms with van der Waals surface area (Å²) >= 11 is 2.13. The van der Waals surface area contributed by atoms with Crippen LogP contribution in [0.2, 0.25) is 0 Å². The van der Waals surface area contributed by atoms with E-state index >= 15 is 0 Å². The van der Waals surface area contributed by atoms with Gasteiger partial charge in [0.2, 0.25) is 0 Å². The quantitative estimate of drug-likeness (QED) is 0.638. The van der Waals surface area contributed by atoms with Crippen LogP contribution in [-0.4, -0.2) is 28.2 Å². The molecule has 25 heavy (non-hydrogen) atoms. The molecule has 4 heteroatoms. The van der Waals surface area contributed by atoms with Crippen LogP contribution in [0.4, 0.5) is 0 Å². The number of piperidine rings is 1. The number of thioether (sulfide) groups is 1. The van der Waals surface area contributed by atoms with Crippen LogP contribution in [0.3, 0.4) is 0 Å². The number of nitrogens with zero attached hydrogens (tertiary/aromatic N) is 1. The maximum atomic E-state index is 3.39. The number of fused-ring (bicyclic) bond motifs is 1. The average molecular weight is 373 g/mol. The lowest BCUT2D eigenvalue weighted by atomic mass is 10.1. The lowest BCUT2D eigenvalue weighted by Crippen LogP contribution is -2.34. The third-order valence-corrected chi connectivity index (χ3v) is 6.37. The van der Waals surface area contributed by atoms with Gasteiger partial charge in [-0.3, -0.25) is 4.90 Å². The average Bonchev–Trinajstić information content (AvgIpc) is 3.05. The molecule has 1 N–H and O–H groups in total. The molecular formula is C21H25ClN2S. The zero-order valence-electron chi connectivity index (χ0n) is 14.4. The van der Waals surface area contributed by atoms with Gasteiger partial charge in [-0.15, -0.1) is 12.4 Å². The van der Waals surface area contributed by atoms with Gasteiger partial charge in [-0.05, 0) is 43.1 Å². The first kappa shape index (κ1) is 18.4. The second kappa shape index (κ2) is 8.79. The molecule has 1 aliphatic heterocycles. The number of nitrogens with one attached hydrogen (secondary N) is 1. The van der Waals surface area contributed by atoms with Gasteiger partial charge in [0, 0.05) is 34.6 Å². The van der Waals surface area contributed by atoms with Crippen molar-refractivity contribution in [2.75, 3.05) is 13.1 Å². The zero-order chi connectivity index (χ0) is 16.2. The van der Waals surface area contributed by atoms with Crippen molar-refractivity contribution in [2.24, 2.45) is 0 Å². The van der Waals surface area contributed by atoms with E-state index in [1.54, 1.807) is 0 Å². The van der Waals surface area contributed by atoms with Crippen molar-refractivity contribution in [3.05, 3.63) is 71.9 Å². The Morgan fingerprint density at radius 1 is 0.960 bits per heavy atom. The first-order valence-electron chi connectivity index (χ1n) is 8.81. The third kappa shape index (κ3) is 4.60.